The van der Waals surface area contributed by atoms with E-state index in [1.807, 2.05) is 0 Å². The molecule has 212 valence electrons. The van der Waals surface area contributed by atoms with Gasteiger partial charge in [-0.05, 0) is 82.3 Å². The zero-order valence-corrected chi connectivity index (χ0v) is 27.7. The Balaban J connectivity index is 2.04. The molecule has 2 rings (SSSR count). The second-order valence-electron chi connectivity index (χ2n) is 11.8. The van der Waals surface area contributed by atoms with Crippen LogP contribution in [-0.2, 0) is 0 Å². The summed E-state index contributed by atoms with van der Waals surface area (Å²) < 4.78 is 14.6. The van der Waals surface area contributed by atoms with Crippen LogP contribution < -0.4 is 9.47 Å². The first kappa shape index (κ1) is 32.9. The molecule has 0 bridgehead atoms. The van der Waals surface area contributed by atoms with Crippen molar-refractivity contribution in [2.24, 2.45) is 23.7 Å². The van der Waals surface area contributed by atoms with Crippen LogP contribution in [0.5, 0.6) is 11.5 Å². The predicted molar refractivity (Wildman–Crippen MR) is 173 cm³/mol. The molecule has 2 aromatic rings. The third-order valence-corrected chi connectivity index (χ3v) is 8.23. The van der Waals surface area contributed by atoms with Crippen molar-refractivity contribution < 1.29 is 9.47 Å². The molecule has 38 heavy (non-hydrogen) atoms. The molecule has 0 heterocycles. The lowest BCUT2D eigenvalue weighted by atomic mass is 9.97. The fourth-order valence-electron chi connectivity index (χ4n) is 4.45. The molecule has 0 spiro atoms. The summed E-state index contributed by atoms with van der Waals surface area (Å²) in [5, 5.41) is 0. The van der Waals surface area contributed by atoms with Gasteiger partial charge in [-0.1, -0.05) is 120 Å². The average Bonchev–Trinajstić information content (AvgIpc) is 2.85. The maximum Gasteiger partial charge on any atom is 0.134 e. The van der Waals surface area contributed by atoms with Crippen LogP contribution >= 0.6 is 31.9 Å². The van der Waals surface area contributed by atoms with E-state index in [9.17, 15) is 0 Å². The first-order valence-electron chi connectivity index (χ1n) is 14.7. The summed E-state index contributed by atoms with van der Waals surface area (Å²) in [7, 11) is 0. The molecule has 2 unspecified atom stereocenters. The average molecular weight is 651 g/mol. The van der Waals surface area contributed by atoms with Crippen molar-refractivity contribution in [2.75, 3.05) is 13.2 Å². The summed E-state index contributed by atoms with van der Waals surface area (Å²) in [6, 6.07) is 12.5. The summed E-state index contributed by atoms with van der Waals surface area (Å²) in [6.07, 6.45) is 14.2. The maximum absolute atomic E-state index is 6.34. The van der Waals surface area contributed by atoms with Crippen molar-refractivity contribution in [3.8, 4) is 11.5 Å². The van der Waals surface area contributed by atoms with Crippen LogP contribution in [0.4, 0.5) is 0 Å². The van der Waals surface area contributed by atoms with Gasteiger partial charge in [0.1, 0.15) is 11.5 Å². The first-order valence-corrected chi connectivity index (χ1v) is 16.2. The molecule has 4 heteroatoms. The van der Waals surface area contributed by atoms with Gasteiger partial charge in [0, 0.05) is 10.0 Å². The van der Waals surface area contributed by atoms with Crippen LogP contribution in [0.2, 0.25) is 0 Å². The SMILES string of the molecule is CC(C)CCCC(C)CCOc1cc(/C=C/c2ccc(Br)cc2)c(OCCC(C)CCCC(C)C)cc1Br. The van der Waals surface area contributed by atoms with Gasteiger partial charge >= 0.3 is 0 Å². The summed E-state index contributed by atoms with van der Waals surface area (Å²) in [5.41, 5.74) is 2.20. The van der Waals surface area contributed by atoms with E-state index in [1.54, 1.807) is 0 Å². The Kier molecular flexibility index (Phi) is 15.7. The second-order valence-corrected chi connectivity index (χ2v) is 13.6. The van der Waals surface area contributed by atoms with E-state index < -0.39 is 0 Å². The van der Waals surface area contributed by atoms with E-state index in [1.165, 1.54) is 38.5 Å². The van der Waals surface area contributed by atoms with Crippen molar-refractivity contribution in [3.05, 3.63) is 56.5 Å². The van der Waals surface area contributed by atoms with Gasteiger partial charge in [0.05, 0.1) is 17.7 Å². The zero-order chi connectivity index (χ0) is 27.9. The van der Waals surface area contributed by atoms with Gasteiger partial charge in [-0.25, -0.2) is 0 Å². The molecule has 2 aromatic carbocycles. The molecule has 0 aliphatic rings. The van der Waals surface area contributed by atoms with Crippen LogP contribution in [0.15, 0.2) is 45.3 Å². The Labute approximate surface area is 250 Å². The van der Waals surface area contributed by atoms with E-state index in [0.29, 0.717) is 11.8 Å². The molecular weight excluding hydrogens is 600 g/mol. The Morgan fingerprint density at radius 3 is 1.68 bits per heavy atom. The number of hydrogen-bond donors (Lipinski definition) is 0. The van der Waals surface area contributed by atoms with E-state index in [4.69, 9.17) is 9.47 Å². The molecule has 0 aromatic heterocycles. The largest absolute Gasteiger partial charge is 0.493 e. The maximum atomic E-state index is 6.34. The minimum atomic E-state index is 0.670. The van der Waals surface area contributed by atoms with Crippen molar-refractivity contribution in [1.29, 1.82) is 0 Å². The lowest BCUT2D eigenvalue weighted by Crippen LogP contribution is -2.07. The molecule has 0 saturated heterocycles. The van der Waals surface area contributed by atoms with Gasteiger partial charge in [-0.15, -0.1) is 0 Å². The summed E-state index contributed by atoms with van der Waals surface area (Å²) in [4.78, 5) is 0. The van der Waals surface area contributed by atoms with Crippen molar-refractivity contribution in [1.82, 2.24) is 0 Å². The topological polar surface area (TPSA) is 18.5 Å². The van der Waals surface area contributed by atoms with Gasteiger partial charge < -0.3 is 9.47 Å². The van der Waals surface area contributed by atoms with Gasteiger partial charge in [-0.2, -0.15) is 0 Å². The highest BCUT2D eigenvalue weighted by Crippen LogP contribution is 2.35. The Morgan fingerprint density at radius 2 is 1.16 bits per heavy atom. The summed E-state index contributed by atoms with van der Waals surface area (Å²) >= 11 is 7.27. The van der Waals surface area contributed by atoms with Crippen LogP contribution in [0.3, 0.4) is 0 Å². The number of ether oxygens (including phenoxy) is 2. The molecule has 0 aliphatic heterocycles. The Morgan fingerprint density at radius 1 is 0.632 bits per heavy atom. The molecule has 0 fully saturated rings. The highest BCUT2D eigenvalue weighted by molar-refractivity contribution is 9.10. The highest BCUT2D eigenvalue weighted by Gasteiger charge is 2.12. The van der Waals surface area contributed by atoms with E-state index >= 15 is 0 Å². The molecule has 0 amide bonds. The van der Waals surface area contributed by atoms with E-state index in [2.05, 4.69) is 122 Å². The number of rotatable bonds is 18. The summed E-state index contributed by atoms with van der Waals surface area (Å²) in [5.74, 6) is 4.69. The number of halogens is 2. The Hall–Kier alpha value is -1.26. The van der Waals surface area contributed by atoms with Crippen LogP contribution in [0.1, 0.15) is 104 Å². The second kappa shape index (κ2) is 18.2. The van der Waals surface area contributed by atoms with Gasteiger partial charge in [-0.3, -0.25) is 0 Å². The third kappa shape index (κ3) is 13.7. The fraction of sp³-hybridized carbons (Fsp3) is 0.588. The van der Waals surface area contributed by atoms with Gasteiger partial charge in [0.15, 0.2) is 0 Å². The normalized spacial score (nSPS) is 13.4. The lowest BCUT2D eigenvalue weighted by Gasteiger charge is -2.17. The molecule has 0 N–H and O–H groups in total. The van der Waals surface area contributed by atoms with Crippen molar-refractivity contribution in [3.63, 3.8) is 0 Å². The van der Waals surface area contributed by atoms with Gasteiger partial charge in [0.25, 0.3) is 0 Å². The van der Waals surface area contributed by atoms with Crippen LogP contribution in [-0.4, -0.2) is 13.2 Å². The molecule has 2 atom stereocenters. The zero-order valence-electron chi connectivity index (χ0n) is 24.6. The quantitative estimate of drug-likeness (QED) is 0.150. The molecular formula is C34H50Br2O2. The standard InChI is InChI=1S/C34H50Br2O2/c1-25(2)9-7-11-27(5)19-21-37-33-24-32(36)34(38-22-20-28(6)12-8-10-26(3)4)23-30(33)16-13-29-14-17-31(35)18-15-29/h13-18,23-28H,7-12,19-22H2,1-6H3/b16-13+. The smallest absolute Gasteiger partial charge is 0.134 e. The fourth-order valence-corrected chi connectivity index (χ4v) is 5.16. The molecule has 0 saturated carbocycles. The predicted octanol–water partition coefficient (Wildman–Crippen LogP) is 11.8. The van der Waals surface area contributed by atoms with Gasteiger partial charge in [0.2, 0.25) is 0 Å². The molecule has 2 nitrogen and oxygen atoms in total. The third-order valence-electron chi connectivity index (χ3n) is 7.08. The highest BCUT2D eigenvalue weighted by atomic mass is 79.9. The molecule has 0 radical (unpaired) electrons. The first-order chi connectivity index (χ1) is 18.1. The van der Waals surface area contributed by atoms with Crippen molar-refractivity contribution >= 4 is 44.0 Å². The monoisotopic (exact) mass is 648 g/mol. The van der Waals surface area contributed by atoms with Crippen LogP contribution in [0, 0.1) is 23.7 Å². The van der Waals surface area contributed by atoms with Crippen molar-refractivity contribution in [2.45, 2.75) is 92.9 Å². The number of hydrogen-bond acceptors (Lipinski definition) is 2. The lowest BCUT2D eigenvalue weighted by molar-refractivity contribution is 0.267. The minimum absolute atomic E-state index is 0.670. The Bertz CT molecular complexity index is 950. The number of benzene rings is 2. The van der Waals surface area contributed by atoms with E-state index in [-0.39, 0.29) is 0 Å². The summed E-state index contributed by atoms with van der Waals surface area (Å²) in [6.45, 7) is 15.3. The van der Waals surface area contributed by atoms with E-state index in [0.717, 1.165) is 69.5 Å². The molecule has 0 aliphatic carbocycles. The minimum Gasteiger partial charge on any atom is -0.493 e. The van der Waals surface area contributed by atoms with Crippen LogP contribution in [0.25, 0.3) is 12.2 Å².